The number of aromatic nitrogens is 1. The van der Waals surface area contributed by atoms with Gasteiger partial charge in [0.2, 0.25) is 5.78 Å². The molecule has 9 heteroatoms. The van der Waals surface area contributed by atoms with E-state index in [9.17, 15) is 27.3 Å². The lowest BCUT2D eigenvalue weighted by Gasteiger charge is -2.12. The molecular formula is C21H17F2N3O3S. The van der Waals surface area contributed by atoms with Crippen LogP contribution < -0.4 is 0 Å². The zero-order chi connectivity index (χ0) is 22.2. The average Bonchev–Trinajstić information content (AvgIpc) is 3.06. The van der Waals surface area contributed by atoms with Crippen molar-refractivity contribution in [3.63, 3.8) is 0 Å². The van der Waals surface area contributed by atoms with Crippen molar-refractivity contribution in [2.45, 2.75) is 11.8 Å². The molecule has 0 aliphatic carbocycles. The highest BCUT2D eigenvalue weighted by atomic mass is 32.2. The Morgan fingerprint density at radius 3 is 2.33 bits per heavy atom. The maximum atomic E-state index is 14.4. The molecular weight excluding hydrogens is 412 g/mol. The van der Waals surface area contributed by atoms with Crippen LogP contribution in [0, 0.1) is 29.9 Å². The fourth-order valence-corrected chi connectivity index (χ4v) is 4.47. The van der Waals surface area contributed by atoms with Crippen molar-refractivity contribution in [3.05, 3.63) is 77.1 Å². The Labute approximate surface area is 172 Å². The molecule has 30 heavy (non-hydrogen) atoms. The molecule has 0 spiro atoms. The third-order valence-corrected chi connectivity index (χ3v) is 6.08. The van der Waals surface area contributed by atoms with Crippen LogP contribution in [0.15, 0.2) is 59.1 Å². The maximum absolute atomic E-state index is 14.4. The maximum Gasteiger partial charge on any atom is 0.268 e. The van der Waals surface area contributed by atoms with Crippen molar-refractivity contribution in [2.75, 3.05) is 14.1 Å². The summed E-state index contributed by atoms with van der Waals surface area (Å²) >= 11 is 0. The molecule has 0 radical (unpaired) electrons. The molecule has 3 aromatic rings. The molecule has 154 valence electrons. The van der Waals surface area contributed by atoms with Gasteiger partial charge in [0.1, 0.15) is 29.0 Å². The van der Waals surface area contributed by atoms with Crippen LogP contribution >= 0.6 is 0 Å². The van der Waals surface area contributed by atoms with Crippen LogP contribution in [-0.4, -0.2) is 37.2 Å². The van der Waals surface area contributed by atoms with Gasteiger partial charge < -0.3 is 4.90 Å². The monoisotopic (exact) mass is 429 g/mol. The standard InChI is InChI=1S/C21H17F2N3O3S/c1-13-4-6-16(7-5-13)30(28,29)26-19-9-15(22)8-18(23)17(19)10-20(26)21(27)14(11-24)12-25(2)3/h4-10,12H,1-3H3/b14-12+. The third-order valence-electron chi connectivity index (χ3n) is 4.34. The molecule has 0 unspecified atom stereocenters. The van der Waals surface area contributed by atoms with E-state index in [2.05, 4.69) is 0 Å². The first kappa shape index (κ1) is 21.2. The van der Waals surface area contributed by atoms with Crippen molar-refractivity contribution >= 4 is 26.7 Å². The van der Waals surface area contributed by atoms with Gasteiger partial charge in [0.25, 0.3) is 10.0 Å². The van der Waals surface area contributed by atoms with Crippen LogP contribution in [0.3, 0.4) is 0 Å². The second-order valence-corrected chi connectivity index (χ2v) is 8.67. The Hall–Kier alpha value is -3.51. The minimum atomic E-state index is -4.41. The van der Waals surface area contributed by atoms with Gasteiger partial charge in [0.05, 0.1) is 10.4 Å². The SMILES string of the molecule is Cc1ccc(S(=O)(=O)n2c(C(=O)/C(C#N)=C/N(C)C)cc3c(F)cc(F)cc32)cc1. The Morgan fingerprint density at radius 1 is 1.13 bits per heavy atom. The largest absolute Gasteiger partial charge is 0.382 e. The number of ketones is 1. The first-order chi connectivity index (χ1) is 14.1. The lowest BCUT2D eigenvalue weighted by molar-refractivity contribution is 0.103. The highest BCUT2D eigenvalue weighted by Gasteiger charge is 2.29. The second-order valence-electron chi connectivity index (χ2n) is 6.88. The number of halogens is 2. The smallest absolute Gasteiger partial charge is 0.268 e. The molecule has 3 rings (SSSR count). The number of nitrogens with zero attached hydrogens (tertiary/aromatic N) is 3. The van der Waals surface area contributed by atoms with Crippen LogP contribution in [0.2, 0.25) is 0 Å². The number of Topliss-reactive ketones (excluding diaryl/α,β-unsaturated/α-hetero) is 1. The minimum Gasteiger partial charge on any atom is -0.382 e. The van der Waals surface area contributed by atoms with E-state index < -0.39 is 33.1 Å². The van der Waals surface area contributed by atoms with Crippen molar-refractivity contribution in [3.8, 4) is 6.07 Å². The summed E-state index contributed by atoms with van der Waals surface area (Å²) in [5.41, 5.74) is -0.354. The molecule has 0 aliphatic heterocycles. The van der Waals surface area contributed by atoms with Gasteiger partial charge in [-0.1, -0.05) is 17.7 Å². The molecule has 0 N–H and O–H groups in total. The van der Waals surface area contributed by atoms with Crippen LogP contribution in [-0.2, 0) is 10.0 Å². The molecule has 0 atom stereocenters. The summed E-state index contributed by atoms with van der Waals surface area (Å²) in [7, 11) is -1.24. The zero-order valence-corrected chi connectivity index (χ0v) is 17.2. The fraction of sp³-hybridized carbons (Fsp3) is 0.143. The first-order valence-electron chi connectivity index (χ1n) is 8.72. The fourth-order valence-electron chi connectivity index (χ4n) is 2.97. The normalized spacial score (nSPS) is 12.1. The second kappa shape index (κ2) is 7.72. The van der Waals surface area contributed by atoms with E-state index in [0.717, 1.165) is 17.7 Å². The molecule has 0 bridgehead atoms. The first-order valence-corrected chi connectivity index (χ1v) is 10.2. The van der Waals surface area contributed by atoms with Gasteiger partial charge in [-0.25, -0.2) is 21.2 Å². The number of carbonyl (C=O) groups is 1. The number of nitriles is 1. The molecule has 2 aromatic carbocycles. The van der Waals surface area contributed by atoms with Gasteiger partial charge in [0, 0.05) is 31.7 Å². The summed E-state index contributed by atoms with van der Waals surface area (Å²) in [5, 5.41) is 9.11. The predicted molar refractivity (Wildman–Crippen MR) is 107 cm³/mol. The van der Waals surface area contributed by atoms with Gasteiger partial charge in [-0.2, -0.15) is 5.26 Å². The van der Waals surface area contributed by atoms with Crippen molar-refractivity contribution in [2.24, 2.45) is 0 Å². The molecule has 1 aromatic heterocycles. The van der Waals surface area contributed by atoms with E-state index >= 15 is 0 Å². The Kier molecular flexibility index (Phi) is 5.46. The quantitative estimate of drug-likeness (QED) is 0.351. The van der Waals surface area contributed by atoms with Crippen molar-refractivity contribution in [1.29, 1.82) is 5.26 Å². The van der Waals surface area contributed by atoms with E-state index in [4.69, 9.17) is 0 Å². The molecule has 0 saturated heterocycles. The van der Waals surface area contributed by atoms with Crippen molar-refractivity contribution < 1.29 is 22.0 Å². The Balaban J connectivity index is 2.39. The van der Waals surface area contributed by atoms with E-state index in [-0.39, 0.29) is 21.4 Å². The Bertz CT molecular complexity index is 1330. The molecule has 0 saturated carbocycles. The Morgan fingerprint density at radius 2 is 1.77 bits per heavy atom. The van der Waals surface area contributed by atoms with Gasteiger partial charge in [0.15, 0.2) is 0 Å². The van der Waals surface area contributed by atoms with Crippen LogP contribution in [0.5, 0.6) is 0 Å². The summed E-state index contributed by atoms with van der Waals surface area (Å²) in [6.45, 7) is 1.77. The van der Waals surface area contributed by atoms with Gasteiger partial charge >= 0.3 is 0 Å². The van der Waals surface area contributed by atoms with Gasteiger partial charge in [-0.05, 0) is 31.2 Å². The van der Waals surface area contributed by atoms with E-state index in [1.54, 1.807) is 39.2 Å². The zero-order valence-electron chi connectivity index (χ0n) is 16.3. The summed E-state index contributed by atoms with van der Waals surface area (Å²) < 4.78 is 55.6. The number of aryl methyl sites for hydroxylation is 1. The van der Waals surface area contributed by atoms with Crippen LogP contribution in [0.25, 0.3) is 10.9 Å². The van der Waals surface area contributed by atoms with Crippen LogP contribution in [0.4, 0.5) is 8.78 Å². The summed E-state index contributed by atoms with van der Waals surface area (Å²) in [6, 6.07) is 9.96. The van der Waals surface area contributed by atoms with Crippen molar-refractivity contribution in [1.82, 2.24) is 8.87 Å². The molecule has 6 nitrogen and oxygen atoms in total. The number of allylic oxidation sites excluding steroid dienone is 1. The molecule has 0 amide bonds. The number of hydrogen-bond acceptors (Lipinski definition) is 5. The van der Waals surface area contributed by atoms with Crippen LogP contribution in [0.1, 0.15) is 16.1 Å². The van der Waals surface area contributed by atoms with E-state index in [1.807, 2.05) is 0 Å². The highest BCUT2D eigenvalue weighted by Crippen LogP contribution is 2.30. The molecule has 0 aliphatic rings. The number of fused-ring (bicyclic) bond motifs is 1. The number of hydrogen-bond donors (Lipinski definition) is 0. The van der Waals surface area contributed by atoms with E-state index in [1.165, 1.54) is 23.2 Å². The van der Waals surface area contributed by atoms with E-state index in [0.29, 0.717) is 10.0 Å². The summed E-state index contributed by atoms with van der Waals surface area (Å²) in [4.78, 5) is 14.3. The lowest BCUT2D eigenvalue weighted by atomic mass is 10.1. The molecule has 0 fully saturated rings. The van der Waals surface area contributed by atoms with Gasteiger partial charge in [-0.15, -0.1) is 0 Å². The minimum absolute atomic E-state index is 0.167. The van der Waals surface area contributed by atoms with Gasteiger partial charge in [-0.3, -0.25) is 4.79 Å². The topological polar surface area (TPSA) is 83.2 Å². The number of rotatable bonds is 5. The number of benzene rings is 2. The predicted octanol–water partition coefficient (Wildman–Crippen LogP) is 3.62. The highest BCUT2D eigenvalue weighted by molar-refractivity contribution is 7.90. The average molecular weight is 429 g/mol. The summed E-state index contributed by atoms with van der Waals surface area (Å²) in [5.74, 6) is -2.95. The lowest BCUT2D eigenvalue weighted by Crippen LogP contribution is -2.20. The number of carbonyl (C=O) groups excluding carboxylic acids is 1. The molecule has 1 heterocycles. The summed E-state index contributed by atoms with van der Waals surface area (Å²) in [6.07, 6.45) is 1.22. The third kappa shape index (κ3) is 3.69.